The van der Waals surface area contributed by atoms with Crippen molar-refractivity contribution < 1.29 is 9.90 Å². The molecule has 0 radical (unpaired) electrons. The van der Waals surface area contributed by atoms with Crippen molar-refractivity contribution in [2.45, 2.75) is 53.1 Å². The van der Waals surface area contributed by atoms with E-state index in [-0.39, 0.29) is 11.2 Å². The minimum Gasteiger partial charge on any atom is -0.385 e. The minimum atomic E-state index is -0.759. The Balaban J connectivity index is 4.18. The van der Waals surface area contributed by atoms with E-state index in [9.17, 15) is 9.90 Å². The fourth-order valence-electron chi connectivity index (χ4n) is 1.03. The summed E-state index contributed by atoms with van der Waals surface area (Å²) in [5, 5.41) is 9.43. The van der Waals surface area contributed by atoms with Gasteiger partial charge in [0.05, 0.1) is 0 Å². The van der Waals surface area contributed by atoms with Gasteiger partial charge in [0, 0.05) is 5.41 Å². The van der Waals surface area contributed by atoms with Crippen molar-refractivity contribution in [1.29, 1.82) is 0 Å². The lowest BCUT2D eigenvalue weighted by Gasteiger charge is -2.23. The summed E-state index contributed by atoms with van der Waals surface area (Å²) in [5.41, 5.74) is -0.366. The van der Waals surface area contributed by atoms with Crippen molar-refractivity contribution in [3.8, 4) is 0 Å². The maximum atomic E-state index is 11.5. The van der Waals surface area contributed by atoms with Gasteiger partial charge in [0.15, 0.2) is 5.78 Å². The maximum Gasteiger partial charge on any atom is 0.166 e. The van der Waals surface area contributed by atoms with E-state index in [0.717, 1.165) is 12.8 Å². The van der Waals surface area contributed by atoms with E-state index >= 15 is 0 Å². The van der Waals surface area contributed by atoms with Gasteiger partial charge in [-0.25, -0.2) is 0 Å². The van der Waals surface area contributed by atoms with Gasteiger partial charge < -0.3 is 5.11 Å². The molecule has 0 amide bonds. The summed E-state index contributed by atoms with van der Waals surface area (Å²) in [4.78, 5) is 11.5. The Kier molecular flexibility index (Phi) is 4.46. The van der Waals surface area contributed by atoms with E-state index in [1.54, 1.807) is 0 Å². The molecule has 0 heterocycles. The number of hydrogen-bond acceptors (Lipinski definition) is 2. The number of Topliss-reactive ketones (excluding diaryl/α,β-unsaturated/α-hetero) is 1. The van der Waals surface area contributed by atoms with Crippen LogP contribution in [0.25, 0.3) is 0 Å². The molecule has 2 nitrogen and oxygen atoms in total. The predicted octanol–water partition coefficient (Wildman–Crippen LogP) is 2.15. The fraction of sp³-hybridized carbons (Fsp3) is 0.900. The zero-order valence-electron chi connectivity index (χ0n) is 8.55. The number of aliphatic hydroxyl groups is 1. The molecule has 0 saturated heterocycles. The van der Waals surface area contributed by atoms with Gasteiger partial charge in [-0.15, -0.1) is 0 Å². The van der Waals surface area contributed by atoms with Crippen LogP contribution < -0.4 is 0 Å². The number of ketones is 1. The first-order valence-electron chi connectivity index (χ1n) is 4.68. The van der Waals surface area contributed by atoms with Crippen LogP contribution in [0.3, 0.4) is 0 Å². The molecule has 1 N–H and O–H groups in total. The lowest BCUT2D eigenvalue weighted by molar-refractivity contribution is -0.136. The molecule has 0 aromatic carbocycles. The van der Waals surface area contributed by atoms with E-state index in [0.29, 0.717) is 6.42 Å². The predicted molar refractivity (Wildman–Crippen MR) is 50.0 cm³/mol. The second-order valence-electron chi connectivity index (χ2n) is 3.91. The zero-order chi connectivity index (χ0) is 9.78. The van der Waals surface area contributed by atoms with E-state index in [1.165, 1.54) is 0 Å². The number of hydrogen-bond donors (Lipinski definition) is 1. The highest BCUT2D eigenvalue weighted by atomic mass is 16.3. The van der Waals surface area contributed by atoms with Gasteiger partial charge in [0.1, 0.15) is 6.10 Å². The first kappa shape index (κ1) is 11.6. The molecular weight excluding hydrogens is 152 g/mol. The Morgan fingerprint density at radius 3 is 2.25 bits per heavy atom. The van der Waals surface area contributed by atoms with Crippen LogP contribution in [-0.2, 0) is 4.79 Å². The molecule has 0 rings (SSSR count). The SMILES string of the molecule is CCCC(O)C(=O)C(C)(C)CC. The van der Waals surface area contributed by atoms with E-state index in [1.807, 2.05) is 27.7 Å². The summed E-state index contributed by atoms with van der Waals surface area (Å²) in [7, 11) is 0. The summed E-state index contributed by atoms with van der Waals surface area (Å²) in [6.07, 6.45) is 1.46. The van der Waals surface area contributed by atoms with Gasteiger partial charge in [-0.3, -0.25) is 4.79 Å². The van der Waals surface area contributed by atoms with Crippen LogP contribution in [0.4, 0.5) is 0 Å². The largest absolute Gasteiger partial charge is 0.385 e. The average molecular weight is 172 g/mol. The molecule has 0 aliphatic carbocycles. The molecule has 0 aliphatic heterocycles. The van der Waals surface area contributed by atoms with Crippen LogP contribution in [0.5, 0.6) is 0 Å². The van der Waals surface area contributed by atoms with Crippen LogP contribution in [-0.4, -0.2) is 17.0 Å². The highest BCUT2D eigenvalue weighted by Gasteiger charge is 2.30. The molecule has 0 fully saturated rings. The first-order valence-corrected chi connectivity index (χ1v) is 4.68. The second kappa shape index (κ2) is 4.61. The number of carbonyl (C=O) groups is 1. The van der Waals surface area contributed by atoms with Crippen molar-refractivity contribution >= 4 is 5.78 Å². The molecule has 72 valence electrons. The second-order valence-corrected chi connectivity index (χ2v) is 3.91. The number of carbonyl (C=O) groups excluding carboxylic acids is 1. The molecule has 2 heteroatoms. The van der Waals surface area contributed by atoms with Crippen molar-refractivity contribution in [3.05, 3.63) is 0 Å². The van der Waals surface area contributed by atoms with Crippen molar-refractivity contribution in [2.24, 2.45) is 5.41 Å². The molecule has 1 unspecified atom stereocenters. The highest BCUT2D eigenvalue weighted by Crippen LogP contribution is 2.23. The maximum absolute atomic E-state index is 11.5. The standard InChI is InChI=1S/C10H20O2/c1-5-7-8(11)9(12)10(3,4)6-2/h8,11H,5-7H2,1-4H3. The Bertz CT molecular complexity index is 150. The summed E-state index contributed by atoms with van der Waals surface area (Å²) >= 11 is 0. The molecule has 0 aliphatic rings. The van der Waals surface area contributed by atoms with Crippen LogP contribution in [0.2, 0.25) is 0 Å². The average Bonchev–Trinajstić information content (AvgIpc) is 2.03. The number of rotatable bonds is 5. The van der Waals surface area contributed by atoms with Crippen molar-refractivity contribution in [2.75, 3.05) is 0 Å². The van der Waals surface area contributed by atoms with Crippen molar-refractivity contribution in [1.82, 2.24) is 0 Å². The first-order chi connectivity index (χ1) is 5.45. The summed E-state index contributed by atoms with van der Waals surface area (Å²) in [6, 6.07) is 0. The zero-order valence-corrected chi connectivity index (χ0v) is 8.55. The van der Waals surface area contributed by atoms with Crippen LogP contribution in [0.1, 0.15) is 47.0 Å². The summed E-state index contributed by atoms with van der Waals surface area (Å²) < 4.78 is 0. The summed E-state index contributed by atoms with van der Waals surface area (Å²) in [5.74, 6) is -0.0214. The Hall–Kier alpha value is -0.370. The van der Waals surface area contributed by atoms with Crippen LogP contribution in [0, 0.1) is 5.41 Å². The molecule has 0 bridgehead atoms. The monoisotopic (exact) mass is 172 g/mol. The van der Waals surface area contributed by atoms with E-state index in [4.69, 9.17) is 0 Å². The van der Waals surface area contributed by atoms with E-state index in [2.05, 4.69) is 0 Å². The van der Waals surface area contributed by atoms with Gasteiger partial charge in [0.2, 0.25) is 0 Å². The van der Waals surface area contributed by atoms with Gasteiger partial charge in [-0.2, -0.15) is 0 Å². The third-order valence-electron chi connectivity index (χ3n) is 2.42. The number of aliphatic hydroxyl groups excluding tert-OH is 1. The topological polar surface area (TPSA) is 37.3 Å². The minimum absolute atomic E-state index is 0.0214. The highest BCUT2D eigenvalue weighted by molar-refractivity contribution is 5.87. The third-order valence-corrected chi connectivity index (χ3v) is 2.42. The lowest BCUT2D eigenvalue weighted by Crippen LogP contribution is -2.33. The Morgan fingerprint density at radius 1 is 1.42 bits per heavy atom. The Morgan fingerprint density at radius 2 is 1.92 bits per heavy atom. The van der Waals surface area contributed by atoms with Crippen LogP contribution >= 0.6 is 0 Å². The normalized spacial score (nSPS) is 14.4. The van der Waals surface area contributed by atoms with E-state index < -0.39 is 6.10 Å². The molecule has 12 heavy (non-hydrogen) atoms. The smallest absolute Gasteiger partial charge is 0.166 e. The molecule has 0 spiro atoms. The van der Waals surface area contributed by atoms with Crippen molar-refractivity contribution in [3.63, 3.8) is 0 Å². The quantitative estimate of drug-likeness (QED) is 0.690. The molecule has 0 aromatic heterocycles. The summed E-state index contributed by atoms with van der Waals surface area (Å²) in [6.45, 7) is 7.70. The molecule has 1 atom stereocenters. The third kappa shape index (κ3) is 2.94. The molecule has 0 aromatic rings. The lowest BCUT2D eigenvalue weighted by atomic mass is 9.82. The van der Waals surface area contributed by atoms with Gasteiger partial charge >= 0.3 is 0 Å². The van der Waals surface area contributed by atoms with Gasteiger partial charge in [0.25, 0.3) is 0 Å². The molecule has 0 saturated carbocycles. The van der Waals surface area contributed by atoms with Crippen LogP contribution in [0.15, 0.2) is 0 Å². The van der Waals surface area contributed by atoms with Gasteiger partial charge in [-0.05, 0) is 12.8 Å². The Labute approximate surface area is 75.0 Å². The fourth-order valence-corrected chi connectivity index (χ4v) is 1.03. The van der Waals surface area contributed by atoms with Gasteiger partial charge in [-0.1, -0.05) is 34.1 Å². The molecular formula is C10H20O2.